The fraction of sp³-hybridized carbons (Fsp3) is 0. The average Bonchev–Trinajstić information content (AvgIpc) is 3.43. The third-order valence-corrected chi connectivity index (χ3v) is 6.74. The van der Waals surface area contributed by atoms with Crippen molar-refractivity contribution in [1.82, 2.24) is 4.98 Å². The average molecular weight is 482 g/mol. The Kier molecular flexibility index (Phi) is 6.84. The predicted molar refractivity (Wildman–Crippen MR) is 152 cm³/mol. The van der Waals surface area contributed by atoms with Gasteiger partial charge in [-0.25, -0.2) is 9.83 Å². The van der Waals surface area contributed by atoms with E-state index in [9.17, 15) is 0 Å². The topological polar surface area (TPSA) is 20.5 Å². The quantitative estimate of drug-likeness (QED) is 0.170. The minimum atomic E-state index is 0.408. The van der Waals surface area contributed by atoms with Gasteiger partial charge in [0.1, 0.15) is 5.01 Å². The van der Waals surface area contributed by atoms with E-state index in [1.54, 1.807) is 17.4 Å². The van der Waals surface area contributed by atoms with Crippen LogP contribution in [0.4, 0.5) is 17.1 Å². The van der Waals surface area contributed by atoms with Crippen LogP contribution in [0.3, 0.4) is 0 Å². The van der Waals surface area contributed by atoms with Gasteiger partial charge < -0.3 is 4.90 Å². The molecule has 36 heavy (non-hydrogen) atoms. The Morgan fingerprint density at radius 3 is 2.14 bits per heavy atom. The molecule has 0 amide bonds. The summed E-state index contributed by atoms with van der Waals surface area (Å²) >= 11 is 1.59. The van der Waals surface area contributed by atoms with Crippen LogP contribution in [-0.2, 0) is 0 Å². The first-order valence-electron chi connectivity index (χ1n) is 11.5. The van der Waals surface area contributed by atoms with Crippen molar-refractivity contribution in [3.63, 3.8) is 0 Å². The molecule has 0 N–H and O–H groups in total. The van der Waals surface area contributed by atoms with E-state index < -0.39 is 0 Å². The van der Waals surface area contributed by atoms with E-state index >= 15 is 0 Å². The maximum absolute atomic E-state index is 7.01. The van der Waals surface area contributed by atoms with E-state index in [0.717, 1.165) is 32.5 Å². The van der Waals surface area contributed by atoms with Gasteiger partial charge in [-0.2, -0.15) is 0 Å². The maximum Gasteiger partial charge on any atom is 0.180 e. The van der Waals surface area contributed by atoms with Gasteiger partial charge in [0.05, 0.1) is 12.3 Å². The number of thiazole rings is 1. The zero-order valence-corrected chi connectivity index (χ0v) is 20.4. The van der Waals surface area contributed by atoms with Gasteiger partial charge in [0, 0.05) is 33.6 Å². The second-order valence-corrected chi connectivity index (χ2v) is 9.17. The fourth-order valence-electron chi connectivity index (χ4n) is 4.00. The van der Waals surface area contributed by atoms with E-state index in [2.05, 4.69) is 118 Å². The summed E-state index contributed by atoms with van der Waals surface area (Å²) in [6, 6.07) is 37.9. The van der Waals surface area contributed by atoms with E-state index in [1.165, 1.54) is 11.1 Å². The highest BCUT2D eigenvalue weighted by atomic mass is 32.1. The first-order chi connectivity index (χ1) is 17.7. The highest BCUT2D eigenvalue weighted by Gasteiger charge is 2.17. The van der Waals surface area contributed by atoms with Crippen molar-refractivity contribution in [2.45, 2.75) is 0 Å². The molecular formula is C32H23N3S. The number of para-hydroxylation sites is 2. The Labute approximate surface area is 215 Å². The molecule has 4 aromatic carbocycles. The lowest BCUT2D eigenvalue weighted by Gasteiger charge is -2.28. The molecule has 5 rings (SSSR count). The Morgan fingerprint density at radius 1 is 0.778 bits per heavy atom. The summed E-state index contributed by atoms with van der Waals surface area (Å²) in [4.78, 5) is 11.2. The molecule has 5 aromatic rings. The number of hydrogen-bond donors (Lipinski definition) is 0. The highest BCUT2D eigenvalue weighted by Crippen LogP contribution is 2.41. The summed E-state index contributed by atoms with van der Waals surface area (Å²) in [6.45, 7) is 10.7. The lowest BCUT2D eigenvalue weighted by Crippen LogP contribution is -2.11. The zero-order valence-electron chi connectivity index (χ0n) is 19.6. The van der Waals surface area contributed by atoms with Crippen LogP contribution >= 0.6 is 11.3 Å². The van der Waals surface area contributed by atoms with Crippen LogP contribution in [0.1, 0.15) is 4.88 Å². The number of hydrogen-bond acceptors (Lipinski definition) is 3. The van der Waals surface area contributed by atoms with Gasteiger partial charge in [0.15, 0.2) is 5.70 Å². The Hall–Kier alpha value is -4.72. The summed E-state index contributed by atoms with van der Waals surface area (Å²) in [5.41, 5.74) is 7.08. The smallest absolute Gasteiger partial charge is 0.180 e. The Morgan fingerprint density at radius 2 is 1.42 bits per heavy atom. The van der Waals surface area contributed by atoms with Gasteiger partial charge in [-0.05, 0) is 48.0 Å². The summed E-state index contributed by atoms with van der Waals surface area (Å²) in [6.07, 6.45) is 5.43. The lowest BCUT2D eigenvalue weighted by atomic mass is 10.0. The zero-order chi connectivity index (χ0) is 24.7. The minimum Gasteiger partial charge on any atom is -0.310 e. The van der Waals surface area contributed by atoms with Crippen LogP contribution in [0.15, 0.2) is 134 Å². The van der Waals surface area contributed by atoms with Gasteiger partial charge in [-0.15, -0.1) is 11.3 Å². The SMILES string of the molecule is [C-]#[N+]C(=C)/C=C\c1cnc(-c2ccc(N(c3ccccc3)c3ccccc3-c3ccccc3)cc2)s1. The Balaban J connectivity index is 1.53. The van der Waals surface area contributed by atoms with Crippen LogP contribution in [0.25, 0.3) is 32.6 Å². The van der Waals surface area contributed by atoms with E-state index in [4.69, 9.17) is 6.57 Å². The van der Waals surface area contributed by atoms with Gasteiger partial charge in [0.2, 0.25) is 0 Å². The number of allylic oxidation sites excluding steroid dienone is 1. The maximum atomic E-state index is 7.01. The summed E-state index contributed by atoms with van der Waals surface area (Å²) < 4.78 is 0. The normalized spacial score (nSPS) is 10.8. The first-order valence-corrected chi connectivity index (χ1v) is 12.3. The first kappa shape index (κ1) is 23.0. The summed E-state index contributed by atoms with van der Waals surface area (Å²) in [7, 11) is 0. The molecule has 3 nitrogen and oxygen atoms in total. The number of benzene rings is 4. The largest absolute Gasteiger partial charge is 0.310 e. The molecule has 0 saturated heterocycles. The molecular weight excluding hydrogens is 458 g/mol. The van der Waals surface area contributed by atoms with Gasteiger partial charge in [-0.1, -0.05) is 85.5 Å². The molecule has 0 atom stereocenters. The van der Waals surface area contributed by atoms with E-state index in [1.807, 2.05) is 24.4 Å². The standard InChI is InChI=1S/C32H23N3S/c1-24(33-2)17-22-29-23-34-32(36-29)26-18-20-28(21-19-26)35(27-13-7-4-8-14-27)31-16-10-9-15-30(31)25-11-5-3-6-12-25/h3-23H,1H2/b22-17-. The van der Waals surface area contributed by atoms with E-state index in [-0.39, 0.29) is 0 Å². The van der Waals surface area contributed by atoms with Crippen LogP contribution < -0.4 is 4.90 Å². The molecule has 0 fully saturated rings. The molecule has 0 bridgehead atoms. The molecule has 1 heterocycles. The van der Waals surface area contributed by atoms with Crippen LogP contribution in [0, 0.1) is 6.57 Å². The second kappa shape index (κ2) is 10.7. The molecule has 0 unspecified atom stereocenters. The minimum absolute atomic E-state index is 0.408. The molecule has 1 aromatic heterocycles. The lowest BCUT2D eigenvalue weighted by molar-refractivity contribution is 1.28. The van der Waals surface area contributed by atoms with Crippen LogP contribution in [0.5, 0.6) is 0 Å². The monoisotopic (exact) mass is 481 g/mol. The van der Waals surface area contributed by atoms with E-state index in [0.29, 0.717) is 5.70 Å². The molecule has 0 aliphatic heterocycles. The van der Waals surface area contributed by atoms with Crippen molar-refractivity contribution < 1.29 is 0 Å². The third-order valence-electron chi connectivity index (χ3n) is 5.72. The van der Waals surface area contributed by atoms with Crippen molar-refractivity contribution in [2.24, 2.45) is 0 Å². The third kappa shape index (κ3) is 5.02. The van der Waals surface area contributed by atoms with Crippen molar-refractivity contribution in [1.29, 1.82) is 0 Å². The Bertz CT molecular complexity index is 1540. The second-order valence-electron chi connectivity index (χ2n) is 8.11. The summed E-state index contributed by atoms with van der Waals surface area (Å²) in [5.74, 6) is 0. The molecule has 0 saturated carbocycles. The van der Waals surface area contributed by atoms with Crippen molar-refractivity contribution in [3.05, 3.63) is 150 Å². The molecule has 0 spiro atoms. The highest BCUT2D eigenvalue weighted by molar-refractivity contribution is 7.15. The fourth-order valence-corrected chi connectivity index (χ4v) is 4.82. The predicted octanol–water partition coefficient (Wildman–Crippen LogP) is 9.39. The molecule has 172 valence electrons. The van der Waals surface area contributed by atoms with Crippen LogP contribution in [-0.4, -0.2) is 4.98 Å². The molecule has 0 aliphatic rings. The van der Waals surface area contributed by atoms with Gasteiger partial charge in [-0.3, -0.25) is 0 Å². The van der Waals surface area contributed by atoms with Gasteiger partial charge >= 0.3 is 0 Å². The van der Waals surface area contributed by atoms with Crippen LogP contribution in [0.2, 0.25) is 0 Å². The summed E-state index contributed by atoms with van der Waals surface area (Å²) in [5, 5.41) is 0.936. The molecule has 0 radical (unpaired) electrons. The van der Waals surface area contributed by atoms with Crippen molar-refractivity contribution in [3.8, 4) is 21.7 Å². The molecule has 4 heteroatoms. The number of aromatic nitrogens is 1. The number of anilines is 3. The molecule has 0 aliphatic carbocycles. The van der Waals surface area contributed by atoms with Crippen molar-refractivity contribution in [2.75, 3.05) is 4.90 Å². The number of nitrogens with zero attached hydrogens (tertiary/aromatic N) is 3. The van der Waals surface area contributed by atoms with Gasteiger partial charge in [0.25, 0.3) is 0 Å². The number of rotatable bonds is 7. The van der Waals surface area contributed by atoms with Crippen molar-refractivity contribution >= 4 is 34.5 Å².